The average Bonchev–Trinajstić information content (AvgIpc) is 3.15. The molecule has 0 radical (unpaired) electrons. The molecule has 1 aliphatic heterocycles. The lowest BCUT2D eigenvalue weighted by atomic mass is 9.90. The molecule has 1 amide bonds. The molecule has 118 valence electrons. The van der Waals surface area contributed by atoms with Crippen LogP contribution < -0.4 is 5.73 Å². The van der Waals surface area contributed by atoms with Crippen molar-refractivity contribution in [1.82, 2.24) is 9.27 Å². The van der Waals surface area contributed by atoms with Crippen LogP contribution in [0.4, 0.5) is 0 Å². The van der Waals surface area contributed by atoms with Crippen LogP contribution in [-0.2, 0) is 0 Å². The maximum Gasteiger partial charge on any atom is 0.265 e. The summed E-state index contributed by atoms with van der Waals surface area (Å²) in [4.78, 5) is 15.2. The van der Waals surface area contributed by atoms with E-state index < -0.39 is 0 Å². The zero-order valence-corrected chi connectivity index (χ0v) is 14.1. The average molecular weight is 338 g/mol. The van der Waals surface area contributed by atoms with Gasteiger partial charge in [0.2, 0.25) is 0 Å². The summed E-state index contributed by atoms with van der Waals surface area (Å²) in [6.45, 7) is 4.28. The fourth-order valence-electron chi connectivity index (χ4n) is 2.64. The lowest BCUT2D eigenvalue weighted by Crippen LogP contribution is -2.34. The Bertz CT molecular complexity index is 646. The number of hydrogen-bond donors (Lipinski definition) is 1. The molecule has 4 nitrogen and oxygen atoms in total. The maximum atomic E-state index is 12.6. The first-order valence-electron chi connectivity index (χ1n) is 7.13. The summed E-state index contributed by atoms with van der Waals surface area (Å²) in [6, 6.07) is 11.8. The van der Waals surface area contributed by atoms with Crippen LogP contribution in [0.5, 0.6) is 0 Å². The van der Waals surface area contributed by atoms with Crippen LogP contribution in [0.15, 0.2) is 36.4 Å². The molecule has 0 spiro atoms. The first-order valence-corrected chi connectivity index (χ1v) is 7.90. The minimum absolute atomic E-state index is 0. The van der Waals surface area contributed by atoms with Gasteiger partial charge in [-0.1, -0.05) is 37.3 Å². The van der Waals surface area contributed by atoms with Crippen molar-refractivity contribution in [2.75, 3.05) is 19.6 Å². The van der Waals surface area contributed by atoms with Crippen molar-refractivity contribution in [3.63, 3.8) is 0 Å². The van der Waals surface area contributed by atoms with Gasteiger partial charge >= 0.3 is 0 Å². The number of nitrogens with two attached hydrogens (primary N) is 1. The molecule has 1 atom stereocenters. The molecule has 2 N–H and O–H groups in total. The van der Waals surface area contributed by atoms with E-state index >= 15 is 0 Å². The highest BCUT2D eigenvalue weighted by atomic mass is 35.5. The number of benzene rings is 1. The second-order valence-electron chi connectivity index (χ2n) is 5.93. The molecule has 0 bridgehead atoms. The van der Waals surface area contributed by atoms with Crippen molar-refractivity contribution in [1.29, 1.82) is 0 Å². The molecule has 2 heterocycles. The predicted octanol–water partition coefficient (Wildman–Crippen LogP) is 3.04. The molecule has 6 heteroatoms. The Morgan fingerprint density at radius 2 is 2.14 bits per heavy atom. The Balaban J connectivity index is 0.00000176. The molecule has 0 aliphatic carbocycles. The summed E-state index contributed by atoms with van der Waals surface area (Å²) in [5.74, 6) is 0.0758. The second kappa shape index (κ2) is 6.77. The van der Waals surface area contributed by atoms with Gasteiger partial charge in [0.25, 0.3) is 5.91 Å². The highest BCUT2D eigenvalue weighted by molar-refractivity contribution is 7.08. The van der Waals surface area contributed by atoms with Crippen LogP contribution in [-0.4, -0.2) is 34.8 Å². The fraction of sp³-hybridized carbons (Fsp3) is 0.375. The van der Waals surface area contributed by atoms with Gasteiger partial charge in [0.15, 0.2) is 0 Å². The number of nitrogens with zero attached hydrogens (tertiary/aromatic N) is 2. The van der Waals surface area contributed by atoms with E-state index in [9.17, 15) is 4.79 Å². The van der Waals surface area contributed by atoms with E-state index in [2.05, 4.69) is 11.3 Å². The lowest BCUT2D eigenvalue weighted by Gasteiger charge is -2.22. The zero-order valence-electron chi connectivity index (χ0n) is 12.5. The Morgan fingerprint density at radius 1 is 1.41 bits per heavy atom. The van der Waals surface area contributed by atoms with E-state index in [1.54, 1.807) is 0 Å². The largest absolute Gasteiger partial charge is 0.337 e. The normalized spacial score (nSPS) is 20.7. The number of hydrogen-bond acceptors (Lipinski definition) is 4. The van der Waals surface area contributed by atoms with Crippen LogP contribution in [0.1, 0.15) is 23.0 Å². The number of likely N-dealkylation sites (tertiary alicyclic amines) is 1. The van der Waals surface area contributed by atoms with E-state index in [0.717, 1.165) is 30.8 Å². The molecule has 0 saturated carbocycles. The van der Waals surface area contributed by atoms with Gasteiger partial charge in [-0.25, -0.2) is 0 Å². The number of carbonyl (C=O) groups excluding carboxylic acids is 1. The van der Waals surface area contributed by atoms with Crippen molar-refractivity contribution in [2.45, 2.75) is 13.3 Å². The van der Waals surface area contributed by atoms with Crippen LogP contribution in [0, 0.1) is 5.41 Å². The molecule has 1 fully saturated rings. The predicted molar refractivity (Wildman–Crippen MR) is 92.5 cm³/mol. The first-order chi connectivity index (χ1) is 10.1. The molecule has 1 aromatic carbocycles. The van der Waals surface area contributed by atoms with Gasteiger partial charge in [0.1, 0.15) is 4.88 Å². The molecule has 1 aromatic heterocycles. The third-order valence-electron chi connectivity index (χ3n) is 4.13. The van der Waals surface area contributed by atoms with E-state index in [1.165, 1.54) is 11.5 Å². The third-order valence-corrected chi connectivity index (χ3v) is 4.91. The van der Waals surface area contributed by atoms with Gasteiger partial charge in [-0.05, 0) is 36.0 Å². The summed E-state index contributed by atoms with van der Waals surface area (Å²) in [5.41, 5.74) is 7.77. The SMILES string of the molecule is CC1(CN)CCN(C(=O)c2cc(-c3ccccc3)ns2)C1.Cl. The fourth-order valence-corrected chi connectivity index (χ4v) is 3.37. The summed E-state index contributed by atoms with van der Waals surface area (Å²) in [5, 5.41) is 0. The van der Waals surface area contributed by atoms with Gasteiger partial charge in [-0.15, -0.1) is 12.4 Å². The quantitative estimate of drug-likeness (QED) is 0.936. The standard InChI is InChI=1S/C16H19N3OS.ClH/c1-16(10-17)7-8-19(11-16)15(20)14-9-13(18-21-14)12-5-3-2-4-6-12;/h2-6,9H,7-8,10-11,17H2,1H3;1H. The number of amides is 1. The van der Waals surface area contributed by atoms with Crippen molar-refractivity contribution in [3.05, 3.63) is 41.3 Å². The topological polar surface area (TPSA) is 59.2 Å². The monoisotopic (exact) mass is 337 g/mol. The highest BCUT2D eigenvalue weighted by Gasteiger charge is 2.35. The number of rotatable bonds is 3. The minimum Gasteiger partial charge on any atom is -0.337 e. The van der Waals surface area contributed by atoms with E-state index in [4.69, 9.17) is 5.73 Å². The van der Waals surface area contributed by atoms with Crippen LogP contribution in [0.2, 0.25) is 0 Å². The maximum absolute atomic E-state index is 12.6. The molecule has 1 unspecified atom stereocenters. The molecular formula is C16H20ClN3OS. The minimum atomic E-state index is 0. The third kappa shape index (κ3) is 3.32. The lowest BCUT2D eigenvalue weighted by molar-refractivity contribution is 0.0781. The first kappa shape index (κ1) is 16.9. The van der Waals surface area contributed by atoms with Gasteiger partial charge in [0, 0.05) is 18.7 Å². The summed E-state index contributed by atoms with van der Waals surface area (Å²) >= 11 is 1.27. The Hall–Kier alpha value is -1.43. The number of aromatic nitrogens is 1. The Labute approximate surface area is 140 Å². The van der Waals surface area contributed by atoms with Gasteiger partial charge in [0.05, 0.1) is 5.69 Å². The smallest absolute Gasteiger partial charge is 0.265 e. The van der Waals surface area contributed by atoms with E-state index in [-0.39, 0.29) is 23.7 Å². The Kier molecular flexibility index (Phi) is 5.21. The van der Waals surface area contributed by atoms with Crippen molar-refractivity contribution in [3.8, 4) is 11.3 Å². The number of carbonyl (C=O) groups is 1. The summed E-state index contributed by atoms with van der Waals surface area (Å²) in [6.07, 6.45) is 0.972. The molecule has 1 saturated heterocycles. The highest BCUT2D eigenvalue weighted by Crippen LogP contribution is 2.31. The Morgan fingerprint density at radius 3 is 2.77 bits per heavy atom. The van der Waals surface area contributed by atoms with Crippen LogP contribution in [0.25, 0.3) is 11.3 Å². The summed E-state index contributed by atoms with van der Waals surface area (Å²) in [7, 11) is 0. The molecule has 22 heavy (non-hydrogen) atoms. The van der Waals surface area contributed by atoms with E-state index in [1.807, 2.05) is 41.3 Å². The molecule has 1 aliphatic rings. The van der Waals surface area contributed by atoms with Gasteiger partial charge < -0.3 is 10.6 Å². The van der Waals surface area contributed by atoms with Crippen LogP contribution in [0.3, 0.4) is 0 Å². The van der Waals surface area contributed by atoms with Crippen LogP contribution >= 0.6 is 23.9 Å². The van der Waals surface area contributed by atoms with Crippen molar-refractivity contribution >= 4 is 29.8 Å². The van der Waals surface area contributed by atoms with Crippen molar-refractivity contribution < 1.29 is 4.79 Å². The molecule has 3 rings (SSSR count). The molecular weight excluding hydrogens is 318 g/mol. The van der Waals surface area contributed by atoms with Gasteiger partial charge in [-0.2, -0.15) is 4.37 Å². The van der Waals surface area contributed by atoms with E-state index in [0.29, 0.717) is 11.4 Å². The van der Waals surface area contributed by atoms with Crippen molar-refractivity contribution in [2.24, 2.45) is 11.1 Å². The molecule has 2 aromatic rings. The second-order valence-corrected chi connectivity index (χ2v) is 6.74. The summed E-state index contributed by atoms with van der Waals surface area (Å²) < 4.78 is 4.40. The number of halogens is 1. The van der Waals surface area contributed by atoms with Gasteiger partial charge in [-0.3, -0.25) is 4.79 Å². The zero-order chi connectivity index (χ0) is 14.9.